The van der Waals surface area contributed by atoms with E-state index in [1.807, 2.05) is 12.1 Å². The smallest absolute Gasteiger partial charge is 0.247 e. The third-order valence-corrected chi connectivity index (χ3v) is 10.1. The van der Waals surface area contributed by atoms with Gasteiger partial charge in [-0.15, -0.1) is 0 Å². The van der Waals surface area contributed by atoms with E-state index in [0.717, 1.165) is 24.0 Å². The average molecular weight is 537 g/mol. The molecule has 0 spiro atoms. The number of halogens is 1. The molecule has 1 unspecified atom stereocenters. The van der Waals surface area contributed by atoms with Crippen LogP contribution in [-0.2, 0) is 6.42 Å². The van der Waals surface area contributed by atoms with Gasteiger partial charge in [-0.2, -0.15) is 0 Å². The number of aryl methyl sites for hydroxylation is 1. The van der Waals surface area contributed by atoms with Crippen LogP contribution in [0.3, 0.4) is 0 Å². The summed E-state index contributed by atoms with van der Waals surface area (Å²) in [4.78, 5) is 0. The molecule has 0 amide bonds. The number of aromatic nitrogens is 1. The van der Waals surface area contributed by atoms with E-state index in [-0.39, 0.29) is 12.5 Å². The van der Waals surface area contributed by atoms with Crippen LogP contribution in [0.15, 0.2) is 121 Å². The Kier molecular flexibility index (Phi) is 4.39. The van der Waals surface area contributed by atoms with Gasteiger partial charge in [-0.25, -0.2) is 4.39 Å². The quantitative estimate of drug-likeness (QED) is 0.192. The highest BCUT2D eigenvalue weighted by atomic mass is 19.1. The van der Waals surface area contributed by atoms with Crippen LogP contribution in [0.4, 0.5) is 4.39 Å². The monoisotopic (exact) mass is 537 g/mol. The van der Waals surface area contributed by atoms with Crippen molar-refractivity contribution in [2.75, 3.05) is 0 Å². The third kappa shape index (κ3) is 2.83. The van der Waals surface area contributed by atoms with Crippen molar-refractivity contribution >= 4 is 44.9 Å². The van der Waals surface area contributed by atoms with Crippen LogP contribution in [0.25, 0.3) is 49.7 Å². The SMILES string of the molecule is Fc1cccc(-c2cc3c4c(c2)-n2c5ccccc5c5cccc(c52)B4c2cccc4c2C(CC3)c2ccccc2-4)c1. The van der Waals surface area contributed by atoms with Gasteiger partial charge in [-0.3, -0.25) is 0 Å². The molecule has 2 aliphatic heterocycles. The van der Waals surface area contributed by atoms with Gasteiger partial charge in [0.2, 0.25) is 6.71 Å². The van der Waals surface area contributed by atoms with E-state index in [9.17, 15) is 4.39 Å². The lowest BCUT2D eigenvalue weighted by molar-refractivity contribution is 0.628. The summed E-state index contributed by atoms with van der Waals surface area (Å²) < 4.78 is 17.0. The molecule has 196 valence electrons. The predicted molar refractivity (Wildman–Crippen MR) is 173 cm³/mol. The molecule has 0 saturated heterocycles. The Morgan fingerprint density at radius 3 is 2.40 bits per heavy atom. The molecular formula is C39H25BFN. The first-order chi connectivity index (χ1) is 20.8. The molecule has 7 aromatic rings. The third-order valence-electron chi connectivity index (χ3n) is 10.1. The Balaban J connectivity index is 1.38. The largest absolute Gasteiger partial charge is 0.310 e. The number of nitrogens with zero attached hydrogens (tertiary/aromatic N) is 1. The summed E-state index contributed by atoms with van der Waals surface area (Å²) in [5.41, 5.74) is 17.1. The summed E-state index contributed by atoms with van der Waals surface area (Å²) in [6, 6.07) is 43.4. The Morgan fingerprint density at radius 1 is 0.667 bits per heavy atom. The highest BCUT2D eigenvalue weighted by Gasteiger charge is 2.41. The van der Waals surface area contributed by atoms with Crippen molar-refractivity contribution < 1.29 is 4.39 Å². The summed E-state index contributed by atoms with van der Waals surface area (Å²) in [7, 11) is 0. The number of rotatable bonds is 1. The molecular weight excluding hydrogens is 512 g/mol. The molecule has 3 heterocycles. The predicted octanol–water partition coefficient (Wildman–Crippen LogP) is 7.48. The summed E-state index contributed by atoms with van der Waals surface area (Å²) in [6.45, 7) is 0.129. The van der Waals surface area contributed by atoms with E-state index in [0.29, 0.717) is 5.92 Å². The van der Waals surface area contributed by atoms with E-state index in [1.54, 1.807) is 6.07 Å². The number of benzene rings is 6. The summed E-state index contributed by atoms with van der Waals surface area (Å²) in [5, 5.41) is 2.57. The molecule has 0 saturated carbocycles. The van der Waals surface area contributed by atoms with E-state index in [1.165, 1.54) is 77.8 Å². The molecule has 1 atom stereocenters. The first-order valence-corrected chi connectivity index (χ1v) is 14.9. The topological polar surface area (TPSA) is 4.93 Å². The van der Waals surface area contributed by atoms with Gasteiger partial charge >= 0.3 is 0 Å². The summed E-state index contributed by atoms with van der Waals surface area (Å²) >= 11 is 0. The number of para-hydroxylation sites is 2. The van der Waals surface area contributed by atoms with Crippen molar-refractivity contribution in [1.82, 2.24) is 4.57 Å². The molecule has 6 aromatic carbocycles. The molecule has 0 fully saturated rings. The lowest BCUT2D eigenvalue weighted by Gasteiger charge is -2.34. The normalized spacial score (nSPS) is 15.7. The minimum absolute atomic E-state index is 0.129. The van der Waals surface area contributed by atoms with Crippen LogP contribution in [0.1, 0.15) is 29.0 Å². The second-order valence-electron chi connectivity index (χ2n) is 12.1. The Bertz CT molecular complexity index is 2290. The van der Waals surface area contributed by atoms with Crippen LogP contribution < -0.4 is 16.4 Å². The fraction of sp³-hybridized carbons (Fsp3) is 0.0769. The maximum absolute atomic E-state index is 14.5. The number of hydrogen-bond acceptors (Lipinski definition) is 0. The maximum atomic E-state index is 14.5. The van der Waals surface area contributed by atoms with Crippen LogP contribution in [-0.4, -0.2) is 11.3 Å². The lowest BCUT2D eigenvalue weighted by Crippen LogP contribution is -2.58. The van der Waals surface area contributed by atoms with Crippen LogP contribution in [0, 0.1) is 5.82 Å². The Hall–Kier alpha value is -4.89. The molecule has 1 aromatic heterocycles. The van der Waals surface area contributed by atoms with Gasteiger partial charge in [0.05, 0.1) is 5.52 Å². The lowest BCUT2D eigenvalue weighted by atomic mass is 9.33. The van der Waals surface area contributed by atoms with E-state index in [4.69, 9.17) is 0 Å². The van der Waals surface area contributed by atoms with Gasteiger partial charge in [0.25, 0.3) is 0 Å². The average Bonchev–Trinajstić information content (AvgIpc) is 3.53. The molecule has 1 nitrogen and oxygen atoms in total. The second kappa shape index (κ2) is 8.11. The second-order valence-corrected chi connectivity index (χ2v) is 12.1. The fourth-order valence-electron chi connectivity index (χ4n) is 8.52. The number of hydrogen-bond donors (Lipinski definition) is 0. The van der Waals surface area contributed by atoms with Gasteiger partial charge in [-0.1, -0.05) is 103 Å². The molecule has 0 radical (unpaired) electrons. The first kappa shape index (κ1) is 22.8. The zero-order valence-corrected chi connectivity index (χ0v) is 22.9. The molecule has 1 aliphatic carbocycles. The van der Waals surface area contributed by atoms with Crippen LogP contribution >= 0.6 is 0 Å². The van der Waals surface area contributed by atoms with Crippen molar-refractivity contribution in [2.45, 2.75) is 18.8 Å². The molecule has 3 aliphatic rings. The maximum Gasteiger partial charge on any atom is 0.247 e. The zero-order chi connectivity index (χ0) is 27.5. The summed E-state index contributed by atoms with van der Waals surface area (Å²) in [5.74, 6) is 0.169. The molecule has 10 rings (SSSR count). The van der Waals surface area contributed by atoms with Gasteiger partial charge in [-0.05, 0) is 87.0 Å². The fourth-order valence-corrected chi connectivity index (χ4v) is 8.52. The molecule has 42 heavy (non-hydrogen) atoms. The van der Waals surface area contributed by atoms with E-state index >= 15 is 0 Å². The van der Waals surface area contributed by atoms with Gasteiger partial charge < -0.3 is 4.57 Å². The van der Waals surface area contributed by atoms with Crippen molar-refractivity contribution in [1.29, 1.82) is 0 Å². The van der Waals surface area contributed by atoms with Crippen LogP contribution in [0.5, 0.6) is 0 Å². The zero-order valence-electron chi connectivity index (χ0n) is 22.9. The van der Waals surface area contributed by atoms with Gasteiger partial charge in [0, 0.05) is 27.9 Å². The highest BCUT2D eigenvalue weighted by molar-refractivity contribution is 6.98. The molecule has 0 bridgehead atoms. The highest BCUT2D eigenvalue weighted by Crippen LogP contribution is 2.47. The molecule has 3 heteroatoms. The van der Waals surface area contributed by atoms with Gasteiger partial charge in [0.1, 0.15) is 5.82 Å². The first-order valence-electron chi connectivity index (χ1n) is 14.9. The summed E-state index contributed by atoms with van der Waals surface area (Å²) in [6.07, 6.45) is 2.02. The van der Waals surface area contributed by atoms with E-state index in [2.05, 4.69) is 102 Å². The Labute approximate surface area is 244 Å². The van der Waals surface area contributed by atoms with Crippen molar-refractivity contribution in [3.63, 3.8) is 0 Å². The minimum atomic E-state index is -0.200. The Morgan fingerprint density at radius 2 is 1.45 bits per heavy atom. The minimum Gasteiger partial charge on any atom is -0.310 e. The van der Waals surface area contributed by atoms with Crippen LogP contribution in [0.2, 0.25) is 0 Å². The number of fused-ring (bicyclic) bond motifs is 9. The molecule has 0 N–H and O–H groups in total. The van der Waals surface area contributed by atoms with E-state index < -0.39 is 0 Å². The van der Waals surface area contributed by atoms with Crippen molar-refractivity contribution in [3.05, 3.63) is 144 Å². The van der Waals surface area contributed by atoms with Gasteiger partial charge in [0.15, 0.2) is 0 Å². The van der Waals surface area contributed by atoms with Crippen molar-refractivity contribution in [2.24, 2.45) is 0 Å². The van der Waals surface area contributed by atoms with Crippen molar-refractivity contribution in [3.8, 4) is 27.9 Å². The standard InChI is InChI=1S/C39H25BFN/c41-26-9-5-8-23(21-26)25-20-24-18-19-31-28-11-2-1-10-27(28)30-13-6-15-33(37(30)31)40-34-16-7-14-32-29-12-3-4-17-35(29)42(39(32)34)36(22-25)38(24)40/h1-17,20-22,31H,18-19H2.